The summed E-state index contributed by atoms with van der Waals surface area (Å²) in [7, 11) is 1.68. The molecule has 0 fully saturated rings. The largest absolute Gasteiger partial charge is 0.496 e. The van der Waals surface area contributed by atoms with E-state index in [2.05, 4.69) is 18.5 Å². The Hall–Kier alpha value is -1.83. The zero-order valence-corrected chi connectivity index (χ0v) is 9.66. The number of methoxy groups -OCH3 is 1. The first-order valence-electron chi connectivity index (χ1n) is 5.38. The molecule has 16 heavy (non-hydrogen) atoms. The molecule has 0 aliphatic rings. The Morgan fingerprint density at radius 1 is 1.38 bits per heavy atom. The number of ether oxygens (including phenoxy) is 1. The number of aromatic nitrogens is 1. The third kappa shape index (κ3) is 1.78. The van der Waals surface area contributed by atoms with Gasteiger partial charge in [-0.05, 0) is 24.1 Å². The first-order valence-corrected chi connectivity index (χ1v) is 5.38. The van der Waals surface area contributed by atoms with Gasteiger partial charge in [-0.15, -0.1) is 0 Å². The summed E-state index contributed by atoms with van der Waals surface area (Å²) in [6.45, 7) is 6.08. The summed E-state index contributed by atoms with van der Waals surface area (Å²) >= 11 is 0. The lowest BCUT2D eigenvalue weighted by Crippen LogP contribution is -1.93. The molecule has 0 amide bonds. The van der Waals surface area contributed by atoms with E-state index in [4.69, 9.17) is 4.74 Å². The van der Waals surface area contributed by atoms with E-state index < -0.39 is 0 Å². The van der Waals surface area contributed by atoms with Crippen LogP contribution in [-0.2, 0) is 0 Å². The van der Waals surface area contributed by atoms with Gasteiger partial charge in [0, 0.05) is 11.5 Å². The highest BCUT2D eigenvalue weighted by atomic mass is 16.5. The Labute approximate surface area is 95.6 Å². The van der Waals surface area contributed by atoms with Crippen LogP contribution in [0, 0.1) is 0 Å². The molecular weight excluding hydrogens is 198 g/mol. The molecule has 0 unspecified atom stereocenters. The Bertz CT molecular complexity index is 531. The molecule has 1 aromatic heterocycles. The second-order valence-electron chi connectivity index (χ2n) is 3.68. The van der Waals surface area contributed by atoms with Crippen molar-refractivity contribution >= 4 is 16.5 Å². The van der Waals surface area contributed by atoms with E-state index in [9.17, 15) is 0 Å². The number of fused-ring (bicyclic) bond motifs is 1. The highest BCUT2D eigenvalue weighted by molar-refractivity contribution is 5.87. The molecule has 0 radical (unpaired) electrons. The molecule has 0 aliphatic carbocycles. The molecular formula is C14H15NO. The van der Waals surface area contributed by atoms with E-state index in [-0.39, 0.29) is 0 Å². The second-order valence-corrected chi connectivity index (χ2v) is 3.68. The summed E-state index contributed by atoms with van der Waals surface area (Å²) in [6.07, 6.45) is 0.897. The van der Waals surface area contributed by atoms with E-state index >= 15 is 0 Å². The van der Waals surface area contributed by atoms with Gasteiger partial charge in [0.1, 0.15) is 5.75 Å². The van der Waals surface area contributed by atoms with Gasteiger partial charge in [-0.1, -0.05) is 25.6 Å². The van der Waals surface area contributed by atoms with Gasteiger partial charge in [0.15, 0.2) is 0 Å². The van der Waals surface area contributed by atoms with Gasteiger partial charge in [0.2, 0.25) is 0 Å². The quantitative estimate of drug-likeness (QED) is 0.776. The monoisotopic (exact) mass is 213 g/mol. The maximum Gasteiger partial charge on any atom is 0.130 e. The number of rotatable bonds is 3. The van der Waals surface area contributed by atoms with Crippen molar-refractivity contribution in [1.82, 2.24) is 4.98 Å². The average molecular weight is 213 g/mol. The number of para-hydroxylation sites is 1. The molecule has 0 N–H and O–H groups in total. The Balaban J connectivity index is 2.68. The van der Waals surface area contributed by atoms with Crippen LogP contribution in [0.1, 0.15) is 19.0 Å². The smallest absolute Gasteiger partial charge is 0.130 e. The number of pyridine rings is 1. The lowest BCUT2D eigenvalue weighted by molar-refractivity contribution is 0.419. The Morgan fingerprint density at radius 3 is 2.81 bits per heavy atom. The van der Waals surface area contributed by atoms with Crippen LogP contribution in [0.5, 0.6) is 5.75 Å². The first-order chi connectivity index (χ1) is 7.76. The van der Waals surface area contributed by atoms with Crippen LogP contribution in [0.4, 0.5) is 0 Å². The molecule has 0 saturated heterocycles. The first kappa shape index (κ1) is 10.7. The van der Waals surface area contributed by atoms with E-state index in [1.54, 1.807) is 7.11 Å². The minimum Gasteiger partial charge on any atom is -0.496 e. The van der Waals surface area contributed by atoms with Crippen molar-refractivity contribution in [3.63, 3.8) is 0 Å². The van der Waals surface area contributed by atoms with E-state index in [1.807, 2.05) is 30.3 Å². The highest BCUT2D eigenvalue weighted by Crippen LogP contribution is 2.27. The Kier molecular flexibility index (Phi) is 2.91. The van der Waals surface area contributed by atoms with Crippen molar-refractivity contribution in [2.45, 2.75) is 13.3 Å². The minimum absolute atomic E-state index is 0.857. The Morgan fingerprint density at radius 2 is 2.12 bits per heavy atom. The van der Waals surface area contributed by atoms with Crippen LogP contribution >= 0.6 is 0 Å². The summed E-state index contributed by atoms with van der Waals surface area (Å²) in [5.74, 6) is 0.857. The minimum atomic E-state index is 0.857. The molecule has 2 aromatic rings. The predicted octanol–water partition coefficient (Wildman–Crippen LogP) is 3.67. The number of benzene rings is 1. The highest BCUT2D eigenvalue weighted by Gasteiger charge is 2.06. The van der Waals surface area contributed by atoms with Crippen LogP contribution in [-0.4, -0.2) is 12.1 Å². The van der Waals surface area contributed by atoms with Crippen molar-refractivity contribution in [2.75, 3.05) is 7.11 Å². The van der Waals surface area contributed by atoms with Crippen molar-refractivity contribution in [2.24, 2.45) is 0 Å². The van der Waals surface area contributed by atoms with Crippen LogP contribution in [0.15, 0.2) is 36.9 Å². The molecule has 1 aromatic carbocycles. The van der Waals surface area contributed by atoms with Gasteiger partial charge >= 0.3 is 0 Å². The summed E-state index contributed by atoms with van der Waals surface area (Å²) in [5, 5.41) is 1.04. The fourth-order valence-corrected chi connectivity index (χ4v) is 1.67. The number of nitrogens with zero attached hydrogens (tertiary/aromatic N) is 1. The van der Waals surface area contributed by atoms with E-state index in [0.717, 1.165) is 34.3 Å². The lowest BCUT2D eigenvalue weighted by Gasteiger charge is -2.09. The van der Waals surface area contributed by atoms with Crippen LogP contribution in [0.3, 0.4) is 0 Å². The van der Waals surface area contributed by atoms with Gasteiger partial charge in [0.05, 0.1) is 18.3 Å². The summed E-state index contributed by atoms with van der Waals surface area (Å²) in [5.41, 5.74) is 2.90. The molecule has 0 spiro atoms. The fraction of sp³-hybridized carbons (Fsp3) is 0.214. The van der Waals surface area contributed by atoms with Crippen LogP contribution in [0.2, 0.25) is 0 Å². The normalized spacial score (nSPS) is 10.4. The average Bonchev–Trinajstić information content (AvgIpc) is 2.36. The molecule has 0 saturated carbocycles. The maximum atomic E-state index is 5.38. The topological polar surface area (TPSA) is 22.1 Å². The third-order valence-electron chi connectivity index (χ3n) is 2.69. The number of hydrogen-bond acceptors (Lipinski definition) is 2. The predicted molar refractivity (Wildman–Crippen MR) is 67.6 cm³/mol. The molecule has 2 heteroatoms. The van der Waals surface area contributed by atoms with E-state index in [0.29, 0.717) is 0 Å². The molecule has 0 aliphatic heterocycles. The van der Waals surface area contributed by atoms with E-state index in [1.165, 1.54) is 0 Å². The molecule has 0 atom stereocenters. The standard InChI is InChI=1S/C14H15NO/c1-4-10(2)13-9-14(16-3)11-7-5-6-8-12(11)15-13/h5-9H,2,4H2,1,3H3. The summed E-state index contributed by atoms with van der Waals surface area (Å²) in [4.78, 5) is 4.58. The summed E-state index contributed by atoms with van der Waals surface area (Å²) in [6, 6.07) is 9.92. The zero-order valence-electron chi connectivity index (χ0n) is 9.66. The molecule has 2 rings (SSSR count). The number of hydrogen-bond donors (Lipinski definition) is 0. The van der Waals surface area contributed by atoms with Crippen molar-refractivity contribution in [3.8, 4) is 5.75 Å². The maximum absolute atomic E-state index is 5.38. The van der Waals surface area contributed by atoms with Crippen LogP contribution in [0.25, 0.3) is 16.5 Å². The number of allylic oxidation sites excluding steroid dienone is 1. The zero-order chi connectivity index (χ0) is 11.5. The van der Waals surface area contributed by atoms with Crippen molar-refractivity contribution in [1.29, 1.82) is 0 Å². The second kappa shape index (κ2) is 4.35. The third-order valence-corrected chi connectivity index (χ3v) is 2.69. The van der Waals surface area contributed by atoms with Gasteiger partial charge in [-0.2, -0.15) is 0 Å². The van der Waals surface area contributed by atoms with Gasteiger partial charge in [-0.3, -0.25) is 0 Å². The van der Waals surface area contributed by atoms with Crippen molar-refractivity contribution < 1.29 is 4.74 Å². The van der Waals surface area contributed by atoms with Gasteiger partial charge in [0.25, 0.3) is 0 Å². The van der Waals surface area contributed by atoms with Crippen LogP contribution < -0.4 is 4.74 Å². The lowest BCUT2D eigenvalue weighted by atomic mass is 10.1. The van der Waals surface area contributed by atoms with Crippen molar-refractivity contribution in [3.05, 3.63) is 42.6 Å². The van der Waals surface area contributed by atoms with Gasteiger partial charge in [-0.25, -0.2) is 4.98 Å². The summed E-state index contributed by atoms with van der Waals surface area (Å²) < 4.78 is 5.38. The molecule has 0 bridgehead atoms. The fourth-order valence-electron chi connectivity index (χ4n) is 1.67. The van der Waals surface area contributed by atoms with Gasteiger partial charge < -0.3 is 4.74 Å². The molecule has 82 valence electrons. The molecule has 1 heterocycles. The molecule has 2 nitrogen and oxygen atoms in total. The SMILES string of the molecule is C=C(CC)c1cc(OC)c2ccccc2n1.